The molecular weight excluding hydrogens is 402 g/mol. The first-order valence-electron chi connectivity index (χ1n) is 9.94. The average molecular weight is 426 g/mol. The van der Waals surface area contributed by atoms with Crippen molar-refractivity contribution in [1.82, 2.24) is 9.47 Å². The maximum absolute atomic E-state index is 12.7. The van der Waals surface area contributed by atoms with Gasteiger partial charge in [-0.15, -0.1) is 0 Å². The molecule has 0 spiro atoms. The van der Waals surface area contributed by atoms with Gasteiger partial charge in [-0.1, -0.05) is 29.8 Å². The van der Waals surface area contributed by atoms with Gasteiger partial charge in [-0.05, 0) is 36.8 Å². The molecule has 7 heteroatoms. The van der Waals surface area contributed by atoms with Crippen molar-refractivity contribution in [2.45, 2.75) is 6.92 Å². The van der Waals surface area contributed by atoms with Crippen LogP contribution in [0.5, 0.6) is 5.75 Å². The van der Waals surface area contributed by atoms with Crippen LogP contribution in [-0.4, -0.2) is 48.2 Å². The second-order valence-electron chi connectivity index (χ2n) is 7.51. The number of halogens is 1. The predicted molar refractivity (Wildman–Crippen MR) is 120 cm³/mol. The predicted octanol–water partition coefficient (Wildman–Crippen LogP) is 3.23. The standard InChI is InChI=1S/C23H24ClN3O3/c1-16-7-8-17(24)13-20(16)26-9-11-27(12-10-26)23(29)15-30-21-14-22(28)25(2)19-6-4-3-5-18(19)21/h3-8,13-14H,9-12,15H2,1-2H3. The van der Waals surface area contributed by atoms with Gasteiger partial charge in [0.1, 0.15) is 5.75 Å². The number of fused-ring (bicyclic) bond motifs is 1. The average Bonchev–Trinajstić information content (AvgIpc) is 2.77. The van der Waals surface area contributed by atoms with Gasteiger partial charge in [0.25, 0.3) is 11.5 Å². The van der Waals surface area contributed by atoms with Crippen molar-refractivity contribution < 1.29 is 9.53 Å². The smallest absolute Gasteiger partial charge is 0.260 e. The van der Waals surface area contributed by atoms with Gasteiger partial charge in [0.2, 0.25) is 0 Å². The molecule has 6 nitrogen and oxygen atoms in total. The fraction of sp³-hybridized carbons (Fsp3) is 0.304. The summed E-state index contributed by atoms with van der Waals surface area (Å²) in [6.07, 6.45) is 0. The summed E-state index contributed by atoms with van der Waals surface area (Å²) in [7, 11) is 1.72. The minimum absolute atomic E-state index is 0.0813. The molecule has 1 fully saturated rings. The van der Waals surface area contributed by atoms with E-state index >= 15 is 0 Å². The Morgan fingerprint density at radius 1 is 1.07 bits per heavy atom. The zero-order valence-corrected chi connectivity index (χ0v) is 17.9. The highest BCUT2D eigenvalue weighted by Gasteiger charge is 2.23. The maximum Gasteiger partial charge on any atom is 0.260 e. The van der Waals surface area contributed by atoms with E-state index in [0.29, 0.717) is 23.9 Å². The zero-order valence-electron chi connectivity index (χ0n) is 17.1. The lowest BCUT2D eigenvalue weighted by Gasteiger charge is -2.36. The van der Waals surface area contributed by atoms with Gasteiger partial charge < -0.3 is 19.1 Å². The van der Waals surface area contributed by atoms with Gasteiger partial charge in [0.05, 0.1) is 5.52 Å². The highest BCUT2D eigenvalue weighted by molar-refractivity contribution is 6.30. The van der Waals surface area contributed by atoms with Crippen molar-refractivity contribution in [1.29, 1.82) is 0 Å². The van der Waals surface area contributed by atoms with E-state index < -0.39 is 0 Å². The number of aromatic nitrogens is 1. The Morgan fingerprint density at radius 3 is 2.57 bits per heavy atom. The fourth-order valence-electron chi connectivity index (χ4n) is 3.85. The first-order valence-corrected chi connectivity index (χ1v) is 10.3. The molecule has 0 radical (unpaired) electrons. The van der Waals surface area contributed by atoms with Gasteiger partial charge in [-0.25, -0.2) is 0 Å². The summed E-state index contributed by atoms with van der Waals surface area (Å²) in [5, 5.41) is 1.53. The molecule has 4 rings (SSSR count). The Kier molecular flexibility index (Phi) is 5.68. The molecule has 2 heterocycles. The number of hydrogen-bond donors (Lipinski definition) is 0. The van der Waals surface area contributed by atoms with Crippen molar-refractivity contribution in [3.05, 3.63) is 69.5 Å². The first kappa shape index (κ1) is 20.3. The zero-order chi connectivity index (χ0) is 21.3. The Balaban J connectivity index is 1.40. The van der Waals surface area contributed by atoms with Gasteiger partial charge in [-0.3, -0.25) is 9.59 Å². The number of piperazine rings is 1. The molecule has 1 aliphatic rings. The van der Waals surface area contributed by atoms with E-state index in [0.717, 1.165) is 29.7 Å². The molecule has 30 heavy (non-hydrogen) atoms. The van der Waals surface area contributed by atoms with Crippen molar-refractivity contribution in [3.63, 3.8) is 0 Å². The highest BCUT2D eigenvalue weighted by Crippen LogP contribution is 2.26. The van der Waals surface area contributed by atoms with Crippen LogP contribution in [0.4, 0.5) is 5.69 Å². The van der Waals surface area contributed by atoms with Gasteiger partial charge in [0, 0.05) is 55.4 Å². The highest BCUT2D eigenvalue weighted by atomic mass is 35.5. The number of aryl methyl sites for hydroxylation is 2. The fourth-order valence-corrected chi connectivity index (χ4v) is 4.02. The third kappa shape index (κ3) is 4.00. The molecule has 0 N–H and O–H groups in total. The van der Waals surface area contributed by atoms with Crippen LogP contribution in [0.25, 0.3) is 10.9 Å². The molecule has 0 aliphatic carbocycles. The minimum atomic E-state index is -0.165. The molecule has 1 saturated heterocycles. The summed E-state index contributed by atoms with van der Waals surface area (Å²) in [6, 6.07) is 14.8. The maximum atomic E-state index is 12.7. The normalized spacial score (nSPS) is 14.2. The molecule has 3 aromatic rings. The van der Waals surface area contributed by atoms with E-state index in [1.54, 1.807) is 16.5 Å². The van der Waals surface area contributed by atoms with Crippen LogP contribution >= 0.6 is 11.6 Å². The Morgan fingerprint density at radius 2 is 1.80 bits per heavy atom. The third-order valence-corrected chi connectivity index (χ3v) is 5.85. The number of para-hydroxylation sites is 1. The largest absolute Gasteiger partial charge is 0.483 e. The summed E-state index contributed by atoms with van der Waals surface area (Å²) < 4.78 is 7.35. The van der Waals surface area contributed by atoms with Crippen molar-refractivity contribution in [3.8, 4) is 5.75 Å². The van der Waals surface area contributed by atoms with Crippen LogP contribution in [0.15, 0.2) is 53.3 Å². The number of amides is 1. The van der Waals surface area contributed by atoms with E-state index in [1.165, 1.54) is 11.6 Å². The number of rotatable bonds is 4. The number of benzene rings is 2. The lowest BCUT2D eigenvalue weighted by molar-refractivity contribution is -0.133. The lowest BCUT2D eigenvalue weighted by Crippen LogP contribution is -2.50. The van der Waals surface area contributed by atoms with Gasteiger partial charge in [-0.2, -0.15) is 0 Å². The van der Waals surface area contributed by atoms with Crippen LogP contribution < -0.4 is 15.2 Å². The number of ether oxygens (including phenoxy) is 1. The molecular formula is C23H24ClN3O3. The molecule has 2 aromatic carbocycles. The second kappa shape index (κ2) is 8.40. The summed E-state index contributed by atoms with van der Waals surface area (Å²) in [5.74, 6) is 0.359. The molecule has 0 unspecified atom stereocenters. The van der Waals surface area contributed by atoms with E-state index in [2.05, 4.69) is 11.8 Å². The molecule has 0 bridgehead atoms. The van der Waals surface area contributed by atoms with E-state index in [9.17, 15) is 9.59 Å². The molecule has 1 aromatic heterocycles. The summed E-state index contributed by atoms with van der Waals surface area (Å²) in [6.45, 7) is 4.68. The Hall–Kier alpha value is -2.99. The summed E-state index contributed by atoms with van der Waals surface area (Å²) in [4.78, 5) is 29.0. The number of nitrogens with zero attached hydrogens (tertiary/aromatic N) is 3. The van der Waals surface area contributed by atoms with Gasteiger partial charge >= 0.3 is 0 Å². The quantitative estimate of drug-likeness (QED) is 0.644. The molecule has 0 atom stereocenters. The number of pyridine rings is 1. The Bertz CT molecular complexity index is 1150. The SMILES string of the molecule is Cc1ccc(Cl)cc1N1CCN(C(=O)COc2cc(=O)n(C)c3ccccc23)CC1. The molecule has 1 amide bonds. The number of carbonyl (C=O) groups is 1. The summed E-state index contributed by atoms with van der Waals surface area (Å²) in [5.41, 5.74) is 2.89. The van der Waals surface area contributed by atoms with Crippen molar-refractivity contribution in [2.75, 3.05) is 37.7 Å². The van der Waals surface area contributed by atoms with E-state index in [-0.39, 0.29) is 18.1 Å². The van der Waals surface area contributed by atoms with Crippen molar-refractivity contribution >= 4 is 34.1 Å². The Labute approximate surface area is 180 Å². The van der Waals surface area contributed by atoms with Crippen molar-refractivity contribution in [2.24, 2.45) is 7.05 Å². The minimum Gasteiger partial charge on any atom is -0.483 e. The van der Waals surface area contributed by atoms with Crippen LogP contribution in [0.3, 0.4) is 0 Å². The van der Waals surface area contributed by atoms with E-state index in [4.69, 9.17) is 16.3 Å². The van der Waals surface area contributed by atoms with E-state index in [1.807, 2.05) is 42.5 Å². The first-order chi connectivity index (χ1) is 14.4. The van der Waals surface area contributed by atoms with Crippen LogP contribution in [0.1, 0.15) is 5.56 Å². The molecule has 1 aliphatic heterocycles. The number of hydrogen-bond acceptors (Lipinski definition) is 4. The lowest BCUT2D eigenvalue weighted by atomic mass is 10.1. The third-order valence-electron chi connectivity index (χ3n) is 5.61. The van der Waals surface area contributed by atoms with Crippen LogP contribution in [-0.2, 0) is 11.8 Å². The molecule has 0 saturated carbocycles. The van der Waals surface area contributed by atoms with Crippen LogP contribution in [0, 0.1) is 6.92 Å². The van der Waals surface area contributed by atoms with Gasteiger partial charge in [0.15, 0.2) is 6.61 Å². The molecule has 156 valence electrons. The number of carbonyl (C=O) groups excluding carboxylic acids is 1. The monoisotopic (exact) mass is 425 g/mol. The second-order valence-corrected chi connectivity index (χ2v) is 7.95. The topological polar surface area (TPSA) is 54.8 Å². The number of anilines is 1. The van der Waals surface area contributed by atoms with Crippen LogP contribution in [0.2, 0.25) is 5.02 Å². The summed E-state index contributed by atoms with van der Waals surface area (Å²) >= 11 is 6.15.